The summed E-state index contributed by atoms with van der Waals surface area (Å²) in [6.07, 6.45) is 8.21. The Hall–Kier alpha value is -4.27. The van der Waals surface area contributed by atoms with Gasteiger partial charge in [0.2, 0.25) is 0 Å². The van der Waals surface area contributed by atoms with Crippen LogP contribution in [0.2, 0.25) is 0 Å². The molecule has 212 valence electrons. The number of ketones is 1. The first kappa shape index (κ1) is 25.4. The van der Waals surface area contributed by atoms with Crippen LogP contribution in [0, 0.1) is 10.8 Å². The molecule has 0 spiro atoms. The van der Waals surface area contributed by atoms with Crippen LogP contribution in [0.5, 0.6) is 0 Å². The number of fused-ring (bicyclic) bond motifs is 4. The molecule has 4 aliphatic rings. The summed E-state index contributed by atoms with van der Waals surface area (Å²) in [4.78, 5) is 63.5. The van der Waals surface area contributed by atoms with Gasteiger partial charge in [0.15, 0.2) is 5.78 Å². The molecule has 8 rings (SSSR count). The number of benzene rings is 2. The maximum Gasteiger partial charge on any atom is 0.253 e. The van der Waals surface area contributed by atoms with Crippen LogP contribution in [0.15, 0.2) is 48.8 Å². The summed E-state index contributed by atoms with van der Waals surface area (Å²) in [5.41, 5.74) is 4.27. The molecule has 4 heterocycles. The lowest BCUT2D eigenvalue weighted by Gasteiger charge is -2.55. The van der Waals surface area contributed by atoms with Gasteiger partial charge in [0, 0.05) is 61.5 Å². The molecule has 0 atom stereocenters. The van der Waals surface area contributed by atoms with Crippen LogP contribution in [0.3, 0.4) is 0 Å². The van der Waals surface area contributed by atoms with Crippen molar-refractivity contribution in [2.75, 3.05) is 26.2 Å². The molecule has 9 nitrogen and oxygen atoms in total. The number of carbonyl (C=O) groups is 3. The summed E-state index contributed by atoms with van der Waals surface area (Å²) in [7, 11) is 0. The number of amides is 2. The fourth-order valence-electron chi connectivity index (χ4n) is 7.03. The maximum atomic E-state index is 13.8. The van der Waals surface area contributed by atoms with Gasteiger partial charge >= 0.3 is 0 Å². The molecule has 4 fully saturated rings. The van der Waals surface area contributed by atoms with Gasteiger partial charge in [0.1, 0.15) is 0 Å². The van der Waals surface area contributed by atoms with E-state index in [-0.39, 0.29) is 43.8 Å². The zero-order valence-electron chi connectivity index (χ0n) is 23.8. The second-order valence-electron chi connectivity index (χ2n) is 13.3. The van der Waals surface area contributed by atoms with Crippen LogP contribution in [-0.2, 0) is 4.79 Å². The third-order valence-corrected chi connectivity index (χ3v) is 9.44. The highest BCUT2D eigenvalue weighted by Gasteiger charge is 2.57. The van der Waals surface area contributed by atoms with Crippen molar-refractivity contribution in [3.8, 4) is 0 Å². The molecule has 2 aliphatic heterocycles. The van der Waals surface area contributed by atoms with Crippen molar-refractivity contribution in [2.45, 2.75) is 51.4 Å². The maximum absolute atomic E-state index is 13.8. The minimum atomic E-state index is -0.873. The molecular formula is C33H32N6O3. The second kappa shape index (κ2) is 8.86. The molecule has 0 radical (unpaired) electrons. The number of rotatable bonds is 4. The van der Waals surface area contributed by atoms with Crippen LogP contribution < -0.4 is 0 Å². The van der Waals surface area contributed by atoms with Crippen molar-refractivity contribution in [3.05, 3.63) is 71.3 Å². The number of aromatic nitrogens is 4. The number of carbonyl (C=O) groups excluding carboxylic acids is 3. The Morgan fingerprint density at radius 1 is 0.667 bits per heavy atom. The summed E-state index contributed by atoms with van der Waals surface area (Å²) >= 11 is 0. The quantitative estimate of drug-likeness (QED) is 0.361. The largest absolute Gasteiger partial charge is 0.337 e. The van der Waals surface area contributed by atoms with Crippen molar-refractivity contribution in [2.24, 2.45) is 10.8 Å². The number of Topliss-reactive ketones (excluding diaryl/α,β-unsaturated/α-hetero) is 1. The first-order valence-electron chi connectivity index (χ1n) is 14.9. The molecule has 2 saturated carbocycles. The number of hydrogen-bond donors (Lipinski definition) is 0. The van der Waals surface area contributed by atoms with Crippen LogP contribution in [0.1, 0.15) is 83.5 Å². The zero-order valence-corrected chi connectivity index (χ0v) is 23.8. The minimum Gasteiger partial charge on any atom is -0.337 e. The van der Waals surface area contributed by atoms with Gasteiger partial charge in [-0.1, -0.05) is 0 Å². The fourth-order valence-corrected chi connectivity index (χ4v) is 7.03. The first-order valence-corrected chi connectivity index (χ1v) is 14.9. The Morgan fingerprint density at radius 2 is 1.07 bits per heavy atom. The Bertz CT molecular complexity index is 1680. The van der Waals surface area contributed by atoms with Gasteiger partial charge < -0.3 is 9.80 Å². The van der Waals surface area contributed by atoms with Crippen LogP contribution in [0.25, 0.3) is 22.1 Å². The van der Waals surface area contributed by atoms with E-state index in [1.54, 1.807) is 21.9 Å². The first-order chi connectivity index (χ1) is 20.2. The monoisotopic (exact) mass is 560 g/mol. The second-order valence-corrected chi connectivity index (χ2v) is 13.3. The Labute approximate surface area is 243 Å². The van der Waals surface area contributed by atoms with Crippen LogP contribution >= 0.6 is 0 Å². The molecule has 2 saturated heterocycles. The highest BCUT2D eigenvalue weighted by atomic mass is 16.2. The van der Waals surface area contributed by atoms with Gasteiger partial charge in [-0.05, 0) is 75.9 Å². The van der Waals surface area contributed by atoms with E-state index >= 15 is 0 Å². The smallest absolute Gasteiger partial charge is 0.253 e. The summed E-state index contributed by atoms with van der Waals surface area (Å²) < 4.78 is 0. The van der Waals surface area contributed by atoms with E-state index < -0.39 is 10.8 Å². The molecule has 0 unspecified atom stereocenters. The van der Waals surface area contributed by atoms with Crippen molar-refractivity contribution in [3.63, 3.8) is 0 Å². The molecule has 42 heavy (non-hydrogen) atoms. The van der Waals surface area contributed by atoms with Crippen molar-refractivity contribution in [1.29, 1.82) is 0 Å². The normalized spacial score (nSPS) is 25.7. The Balaban J connectivity index is 1.05. The molecule has 4 aromatic rings. The van der Waals surface area contributed by atoms with Crippen molar-refractivity contribution >= 4 is 39.7 Å². The lowest BCUT2D eigenvalue weighted by molar-refractivity contribution is -0.153. The molecule has 2 bridgehead atoms. The Kier molecular flexibility index (Phi) is 5.37. The summed E-state index contributed by atoms with van der Waals surface area (Å²) in [6, 6.07) is 10.9. The molecule has 2 aromatic heterocycles. The minimum absolute atomic E-state index is 0.111. The molecule has 0 N–H and O–H groups in total. The van der Waals surface area contributed by atoms with Crippen LogP contribution in [-0.4, -0.2) is 73.5 Å². The Morgan fingerprint density at radius 3 is 1.45 bits per heavy atom. The van der Waals surface area contributed by atoms with E-state index in [9.17, 15) is 14.4 Å². The summed E-state index contributed by atoms with van der Waals surface area (Å²) in [5, 5.41) is 0. The van der Waals surface area contributed by atoms with Crippen LogP contribution in [0.4, 0.5) is 0 Å². The lowest BCUT2D eigenvalue weighted by Crippen LogP contribution is -2.69. The highest BCUT2D eigenvalue weighted by molar-refractivity contribution is 6.02. The van der Waals surface area contributed by atoms with E-state index in [1.165, 1.54) is 0 Å². The van der Waals surface area contributed by atoms with Crippen molar-refractivity contribution < 1.29 is 14.4 Å². The van der Waals surface area contributed by atoms with Gasteiger partial charge in [-0.2, -0.15) is 0 Å². The van der Waals surface area contributed by atoms with Gasteiger partial charge in [-0.15, -0.1) is 0 Å². The summed E-state index contributed by atoms with van der Waals surface area (Å²) in [5.74, 6) is 0.809. The van der Waals surface area contributed by atoms with Gasteiger partial charge in [-0.3, -0.25) is 24.4 Å². The predicted octanol–water partition coefficient (Wildman–Crippen LogP) is 4.52. The van der Waals surface area contributed by atoms with Gasteiger partial charge in [0.05, 0.1) is 44.3 Å². The lowest BCUT2D eigenvalue weighted by atomic mass is 9.64. The van der Waals surface area contributed by atoms with Crippen molar-refractivity contribution in [1.82, 2.24) is 29.7 Å². The molecule has 9 heteroatoms. The van der Waals surface area contributed by atoms with E-state index in [2.05, 4.69) is 9.97 Å². The van der Waals surface area contributed by atoms with E-state index in [1.807, 2.05) is 50.5 Å². The average Bonchev–Trinajstić information content (AvgIpc) is 3.90. The molecule has 2 aromatic carbocycles. The van der Waals surface area contributed by atoms with Gasteiger partial charge in [-0.25, -0.2) is 9.97 Å². The number of hydrogen-bond acceptors (Lipinski definition) is 7. The molecular weight excluding hydrogens is 528 g/mol. The van der Waals surface area contributed by atoms with Gasteiger partial charge in [0.25, 0.3) is 11.8 Å². The SMILES string of the molecule is CC12CN(C(=O)c3ccc4ncc(C5CC5)nc4c3)CC(C)(CN(C(=O)c3ccc4ncc(C5CC5)nc4c3)C1)C2=O. The number of likely N-dealkylation sites (tertiary alicyclic amines) is 2. The number of piperidine rings is 2. The highest BCUT2D eigenvalue weighted by Crippen LogP contribution is 2.44. The topological polar surface area (TPSA) is 109 Å². The standard InChI is InChI=1S/C33H32N6O3/c1-32-15-38(29(40)21-7-9-23-25(11-21)36-27(13-34-23)19-3-4-19)17-33(2,31(32)42)18-39(16-32)30(41)22-8-10-24-26(12-22)37-28(14-35-24)20-5-6-20/h7-14,19-20H,3-6,15-18H2,1-2H3. The molecule has 2 aliphatic carbocycles. The molecule has 2 amide bonds. The summed E-state index contributed by atoms with van der Waals surface area (Å²) in [6.45, 7) is 4.78. The third-order valence-electron chi connectivity index (χ3n) is 9.44. The van der Waals surface area contributed by atoms with E-state index in [4.69, 9.17) is 9.97 Å². The fraction of sp³-hybridized carbons (Fsp3) is 0.424. The number of nitrogens with zero attached hydrogens (tertiary/aromatic N) is 6. The van der Waals surface area contributed by atoms with E-state index in [0.29, 0.717) is 23.0 Å². The third kappa shape index (κ3) is 4.16. The predicted molar refractivity (Wildman–Crippen MR) is 156 cm³/mol. The zero-order chi connectivity index (χ0) is 28.8. The average molecular weight is 561 g/mol. The van der Waals surface area contributed by atoms with E-state index in [0.717, 1.165) is 59.1 Å².